The molecule has 0 aliphatic heterocycles. The fourth-order valence-corrected chi connectivity index (χ4v) is 2.42. The molecule has 2 aromatic carbocycles. The average Bonchev–Trinajstić information content (AvgIpc) is 2.61. The summed E-state index contributed by atoms with van der Waals surface area (Å²) in [7, 11) is 1.56. The molecule has 28 heavy (non-hydrogen) atoms. The summed E-state index contributed by atoms with van der Waals surface area (Å²) in [5, 5.41) is 10.9. The van der Waals surface area contributed by atoms with Crippen LogP contribution in [0, 0.1) is 0 Å². The molecular formula is C21H24ClNO5. The molecule has 0 radical (unpaired) electrons. The normalized spacial score (nSPS) is 12.2. The lowest BCUT2D eigenvalue weighted by atomic mass is 10.1. The summed E-state index contributed by atoms with van der Waals surface area (Å²) < 4.78 is 10.6. The predicted octanol–water partition coefficient (Wildman–Crippen LogP) is 4.46. The molecule has 0 aromatic heterocycles. The summed E-state index contributed by atoms with van der Waals surface area (Å²) in [5.41, 5.74) is 0.362. The number of aliphatic hydroxyl groups is 1. The first-order valence-electron chi connectivity index (χ1n) is 8.75. The van der Waals surface area contributed by atoms with Crippen LogP contribution in [0.2, 0.25) is 5.02 Å². The van der Waals surface area contributed by atoms with Crippen LogP contribution in [0.1, 0.15) is 42.8 Å². The van der Waals surface area contributed by atoms with Gasteiger partial charge in [0.1, 0.15) is 11.4 Å². The van der Waals surface area contributed by atoms with Gasteiger partial charge in [-0.15, -0.1) is 0 Å². The zero-order chi connectivity index (χ0) is 20.9. The number of halogens is 1. The van der Waals surface area contributed by atoms with Crippen molar-refractivity contribution in [2.24, 2.45) is 0 Å². The minimum absolute atomic E-state index is 0.0683. The summed E-state index contributed by atoms with van der Waals surface area (Å²) in [4.78, 5) is 25.4. The molecule has 0 fully saturated rings. The standard InChI is InChI=1S/C21H24ClNO5/c1-21(2,3)28-20(26)23(4)13-18(24)14-7-11-17(12-8-14)27-19(25)15-5-9-16(22)10-6-15/h5-12,18,24H,13H2,1-4H3. The van der Waals surface area contributed by atoms with Gasteiger partial charge in [0.05, 0.1) is 18.2 Å². The Morgan fingerprint density at radius 1 is 1.07 bits per heavy atom. The Kier molecular flexibility index (Phi) is 7.05. The Balaban J connectivity index is 1.94. The Morgan fingerprint density at radius 2 is 1.64 bits per heavy atom. The van der Waals surface area contributed by atoms with E-state index in [9.17, 15) is 14.7 Å². The lowest BCUT2D eigenvalue weighted by Crippen LogP contribution is -2.36. The van der Waals surface area contributed by atoms with Crippen molar-refractivity contribution in [1.29, 1.82) is 0 Å². The van der Waals surface area contributed by atoms with Crippen LogP contribution in [-0.2, 0) is 4.74 Å². The number of carbonyl (C=O) groups is 2. The summed E-state index contributed by atoms with van der Waals surface area (Å²) in [6, 6.07) is 12.8. The molecule has 1 atom stereocenters. The van der Waals surface area contributed by atoms with Crippen molar-refractivity contribution >= 4 is 23.7 Å². The van der Waals surface area contributed by atoms with E-state index < -0.39 is 23.8 Å². The van der Waals surface area contributed by atoms with Gasteiger partial charge in [-0.1, -0.05) is 23.7 Å². The molecule has 0 aliphatic rings. The number of nitrogens with zero attached hydrogens (tertiary/aromatic N) is 1. The smallest absolute Gasteiger partial charge is 0.410 e. The van der Waals surface area contributed by atoms with Gasteiger partial charge >= 0.3 is 12.1 Å². The molecule has 0 spiro atoms. The topological polar surface area (TPSA) is 76.1 Å². The van der Waals surface area contributed by atoms with Crippen molar-refractivity contribution in [2.45, 2.75) is 32.5 Å². The van der Waals surface area contributed by atoms with Crippen LogP contribution in [0.25, 0.3) is 0 Å². The number of hydrogen-bond acceptors (Lipinski definition) is 5. The number of hydrogen-bond donors (Lipinski definition) is 1. The molecule has 0 bridgehead atoms. The quantitative estimate of drug-likeness (QED) is 0.587. The van der Waals surface area contributed by atoms with Crippen LogP contribution in [0.15, 0.2) is 48.5 Å². The first-order chi connectivity index (χ1) is 13.0. The number of benzene rings is 2. The highest BCUT2D eigenvalue weighted by Crippen LogP contribution is 2.20. The van der Waals surface area contributed by atoms with Crippen LogP contribution < -0.4 is 4.74 Å². The van der Waals surface area contributed by atoms with E-state index in [1.807, 2.05) is 0 Å². The van der Waals surface area contributed by atoms with Gasteiger partial charge in [-0.05, 0) is 62.7 Å². The zero-order valence-corrected chi connectivity index (χ0v) is 17.1. The highest BCUT2D eigenvalue weighted by atomic mass is 35.5. The molecule has 2 rings (SSSR count). The number of aliphatic hydroxyl groups excluding tert-OH is 1. The third-order valence-corrected chi connectivity index (χ3v) is 3.96. The summed E-state index contributed by atoms with van der Waals surface area (Å²) in [5.74, 6) is -0.161. The van der Waals surface area contributed by atoms with Crippen LogP contribution in [-0.4, -0.2) is 41.3 Å². The van der Waals surface area contributed by atoms with Crippen molar-refractivity contribution in [3.63, 3.8) is 0 Å². The second kappa shape index (κ2) is 9.08. The molecule has 6 nitrogen and oxygen atoms in total. The van der Waals surface area contributed by atoms with E-state index in [4.69, 9.17) is 21.1 Å². The minimum Gasteiger partial charge on any atom is -0.444 e. The highest BCUT2D eigenvalue weighted by molar-refractivity contribution is 6.30. The van der Waals surface area contributed by atoms with Crippen molar-refractivity contribution in [3.05, 3.63) is 64.7 Å². The fraction of sp³-hybridized carbons (Fsp3) is 0.333. The number of carbonyl (C=O) groups excluding carboxylic acids is 2. The second-order valence-electron chi connectivity index (χ2n) is 7.34. The van der Waals surface area contributed by atoms with E-state index in [0.29, 0.717) is 21.9 Å². The largest absolute Gasteiger partial charge is 0.444 e. The van der Waals surface area contributed by atoms with Gasteiger partial charge in [-0.25, -0.2) is 9.59 Å². The van der Waals surface area contributed by atoms with Gasteiger partial charge < -0.3 is 19.5 Å². The molecule has 2 aromatic rings. The molecule has 1 amide bonds. The maximum atomic E-state index is 12.1. The Hall–Kier alpha value is -2.57. The number of amides is 1. The fourth-order valence-electron chi connectivity index (χ4n) is 2.29. The van der Waals surface area contributed by atoms with E-state index in [-0.39, 0.29) is 6.54 Å². The van der Waals surface area contributed by atoms with E-state index in [1.54, 1.807) is 76.3 Å². The SMILES string of the molecule is CN(CC(O)c1ccc(OC(=O)c2ccc(Cl)cc2)cc1)C(=O)OC(C)(C)C. The monoisotopic (exact) mass is 405 g/mol. The average molecular weight is 406 g/mol. The van der Waals surface area contributed by atoms with Crippen molar-refractivity contribution in [2.75, 3.05) is 13.6 Å². The predicted molar refractivity (Wildman–Crippen MR) is 107 cm³/mol. The third-order valence-electron chi connectivity index (χ3n) is 3.71. The Labute approximate surface area is 169 Å². The van der Waals surface area contributed by atoms with E-state index in [0.717, 1.165) is 0 Å². The van der Waals surface area contributed by atoms with Gasteiger partial charge in [0.2, 0.25) is 0 Å². The van der Waals surface area contributed by atoms with E-state index >= 15 is 0 Å². The molecular weight excluding hydrogens is 382 g/mol. The van der Waals surface area contributed by atoms with E-state index in [2.05, 4.69) is 0 Å². The van der Waals surface area contributed by atoms with Crippen molar-refractivity contribution in [1.82, 2.24) is 4.90 Å². The lowest BCUT2D eigenvalue weighted by molar-refractivity contribution is 0.0205. The number of rotatable bonds is 5. The van der Waals surface area contributed by atoms with Gasteiger partial charge in [0, 0.05) is 12.1 Å². The molecule has 0 heterocycles. The molecule has 0 saturated heterocycles. The van der Waals surface area contributed by atoms with E-state index in [1.165, 1.54) is 4.90 Å². The molecule has 0 saturated carbocycles. The van der Waals surface area contributed by atoms with Crippen LogP contribution in [0.4, 0.5) is 4.79 Å². The van der Waals surface area contributed by atoms with Gasteiger partial charge in [0.15, 0.2) is 0 Å². The van der Waals surface area contributed by atoms with Crippen LogP contribution >= 0.6 is 11.6 Å². The van der Waals surface area contributed by atoms with Crippen LogP contribution in [0.5, 0.6) is 5.75 Å². The maximum Gasteiger partial charge on any atom is 0.410 e. The van der Waals surface area contributed by atoms with Gasteiger partial charge in [0.25, 0.3) is 0 Å². The van der Waals surface area contributed by atoms with Crippen molar-refractivity contribution < 1.29 is 24.2 Å². The van der Waals surface area contributed by atoms with Gasteiger partial charge in [-0.2, -0.15) is 0 Å². The van der Waals surface area contributed by atoms with Gasteiger partial charge in [-0.3, -0.25) is 0 Å². The summed E-state index contributed by atoms with van der Waals surface area (Å²) in [6.07, 6.45) is -1.42. The highest BCUT2D eigenvalue weighted by Gasteiger charge is 2.22. The molecule has 150 valence electrons. The number of likely N-dealkylation sites (N-methyl/N-ethyl adjacent to an activating group) is 1. The minimum atomic E-state index is -0.904. The number of esters is 1. The zero-order valence-electron chi connectivity index (χ0n) is 16.3. The number of ether oxygens (including phenoxy) is 2. The lowest BCUT2D eigenvalue weighted by Gasteiger charge is -2.26. The first kappa shape index (κ1) is 21.7. The first-order valence-corrected chi connectivity index (χ1v) is 9.13. The third kappa shape index (κ3) is 6.55. The maximum absolute atomic E-state index is 12.1. The Morgan fingerprint density at radius 3 is 2.18 bits per heavy atom. The molecule has 1 unspecified atom stereocenters. The summed E-state index contributed by atoms with van der Waals surface area (Å²) >= 11 is 5.80. The molecule has 7 heteroatoms. The molecule has 0 aliphatic carbocycles. The second-order valence-corrected chi connectivity index (χ2v) is 7.78. The Bertz CT molecular complexity index is 812. The van der Waals surface area contributed by atoms with Crippen molar-refractivity contribution in [3.8, 4) is 5.75 Å². The molecule has 1 N–H and O–H groups in total. The van der Waals surface area contributed by atoms with Crippen LogP contribution in [0.3, 0.4) is 0 Å². The summed E-state index contributed by atoms with van der Waals surface area (Å²) in [6.45, 7) is 5.40.